The van der Waals surface area contributed by atoms with E-state index in [0.717, 1.165) is 5.56 Å². The maximum absolute atomic E-state index is 11.9. The number of hydrogen-bond acceptors (Lipinski definition) is 4. The summed E-state index contributed by atoms with van der Waals surface area (Å²) in [5.41, 5.74) is 2.53. The van der Waals surface area contributed by atoms with Crippen molar-refractivity contribution in [2.24, 2.45) is 0 Å². The third kappa shape index (κ3) is 2.69. The van der Waals surface area contributed by atoms with Crippen LogP contribution in [0.1, 0.15) is 12.5 Å². The van der Waals surface area contributed by atoms with Crippen molar-refractivity contribution in [3.63, 3.8) is 0 Å². The maximum Gasteiger partial charge on any atom is 0.421 e. The number of nitrogens with one attached hydrogen (secondary N) is 1. The van der Waals surface area contributed by atoms with Gasteiger partial charge in [0.1, 0.15) is 0 Å². The van der Waals surface area contributed by atoms with E-state index in [9.17, 15) is 9.59 Å². The molecule has 0 saturated heterocycles. The second kappa shape index (κ2) is 5.24. The first-order valence-corrected chi connectivity index (χ1v) is 6.44. The SMILES string of the molecule is CC(=O)Nc1cccc(Cn2c(=O)oc3cccnc32)c1. The van der Waals surface area contributed by atoms with Crippen LogP contribution in [0.3, 0.4) is 0 Å². The number of amides is 1. The molecular weight excluding hydrogens is 270 g/mol. The van der Waals surface area contributed by atoms with Crippen molar-refractivity contribution < 1.29 is 9.21 Å². The summed E-state index contributed by atoms with van der Waals surface area (Å²) in [6.07, 6.45) is 1.61. The van der Waals surface area contributed by atoms with Crippen molar-refractivity contribution in [3.8, 4) is 0 Å². The summed E-state index contributed by atoms with van der Waals surface area (Å²) in [4.78, 5) is 27.1. The number of nitrogens with zero attached hydrogens (tertiary/aromatic N) is 2. The monoisotopic (exact) mass is 283 g/mol. The zero-order chi connectivity index (χ0) is 14.8. The van der Waals surface area contributed by atoms with E-state index in [-0.39, 0.29) is 5.91 Å². The first-order valence-electron chi connectivity index (χ1n) is 6.44. The minimum atomic E-state index is -0.450. The molecule has 0 unspecified atom stereocenters. The van der Waals surface area contributed by atoms with Crippen molar-refractivity contribution in [1.29, 1.82) is 0 Å². The molecule has 6 nitrogen and oxygen atoms in total. The van der Waals surface area contributed by atoms with Crippen molar-refractivity contribution in [3.05, 3.63) is 58.7 Å². The molecule has 106 valence electrons. The van der Waals surface area contributed by atoms with Crippen molar-refractivity contribution >= 4 is 22.8 Å². The lowest BCUT2D eigenvalue weighted by Gasteiger charge is -2.06. The Morgan fingerprint density at radius 1 is 1.33 bits per heavy atom. The van der Waals surface area contributed by atoms with E-state index in [0.29, 0.717) is 23.5 Å². The van der Waals surface area contributed by atoms with Gasteiger partial charge in [-0.1, -0.05) is 12.1 Å². The summed E-state index contributed by atoms with van der Waals surface area (Å²) in [5, 5.41) is 2.71. The minimum absolute atomic E-state index is 0.139. The maximum atomic E-state index is 11.9. The number of pyridine rings is 1. The van der Waals surface area contributed by atoms with E-state index in [1.165, 1.54) is 11.5 Å². The molecule has 0 atom stereocenters. The Hall–Kier alpha value is -2.89. The predicted octanol–water partition coefficient (Wildman–Crippen LogP) is 2.00. The molecule has 2 heterocycles. The predicted molar refractivity (Wildman–Crippen MR) is 78.1 cm³/mol. The van der Waals surface area contributed by atoms with Crippen molar-refractivity contribution in [2.45, 2.75) is 13.5 Å². The third-order valence-electron chi connectivity index (χ3n) is 3.01. The second-order valence-electron chi connectivity index (χ2n) is 4.66. The number of rotatable bonds is 3. The average molecular weight is 283 g/mol. The molecule has 3 aromatic rings. The smallest absolute Gasteiger partial charge is 0.406 e. The molecule has 0 bridgehead atoms. The average Bonchev–Trinajstić information content (AvgIpc) is 2.75. The highest BCUT2D eigenvalue weighted by molar-refractivity contribution is 5.88. The zero-order valence-corrected chi connectivity index (χ0v) is 11.4. The number of fused-ring (bicyclic) bond motifs is 1. The van der Waals surface area contributed by atoms with E-state index in [1.807, 2.05) is 18.2 Å². The molecule has 1 amide bonds. The number of carbonyl (C=O) groups excluding carboxylic acids is 1. The minimum Gasteiger partial charge on any atom is -0.406 e. The van der Waals surface area contributed by atoms with Gasteiger partial charge in [0.25, 0.3) is 0 Å². The van der Waals surface area contributed by atoms with Gasteiger partial charge in [-0.15, -0.1) is 0 Å². The number of carbonyl (C=O) groups is 1. The summed E-state index contributed by atoms with van der Waals surface area (Å²) in [6.45, 7) is 1.78. The van der Waals surface area contributed by atoms with Gasteiger partial charge in [-0.2, -0.15) is 0 Å². The van der Waals surface area contributed by atoms with Gasteiger partial charge >= 0.3 is 5.76 Å². The largest absolute Gasteiger partial charge is 0.421 e. The van der Waals surface area contributed by atoms with E-state index < -0.39 is 5.76 Å². The molecule has 0 fully saturated rings. The Kier molecular flexibility index (Phi) is 3.27. The molecule has 0 aliphatic carbocycles. The number of benzene rings is 1. The van der Waals surface area contributed by atoms with E-state index in [2.05, 4.69) is 10.3 Å². The molecule has 0 saturated carbocycles. The fourth-order valence-electron chi connectivity index (χ4n) is 2.17. The highest BCUT2D eigenvalue weighted by atomic mass is 16.4. The molecule has 0 radical (unpaired) electrons. The molecular formula is C15H13N3O3. The molecule has 2 aromatic heterocycles. The fourth-order valence-corrected chi connectivity index (χ4v) is 2.17. The molecule has 6 heteroatoms. The van der Waals surface area contributed by atoms with Gasteiger partial charge in [0.2, 0.25) is 5.91 Å². The summed E-state index contributed by atoms with van der Waals surface area (Å²) in [6, 6.07) is 10.7. The molecule has 21 heavy (non-hydrogen) atoms. The van der Waals surface area contributed by atoms with Crippen LogP contribution in [-0.4, -0.2) is 15.5 Å². The van der Waals surface area contributed by atoms with E-state index >= 15 is 0 Å². The molecule has 0 spiro atoms. The van der Waals surface area contributed by atoms with Gasteiger partial charge in [-0.3, -0.25) is 9.36 Å². The quantitative estimate of drug-likeness (QED) is 0.797. The lowest BCUT2D eigenvalue weighted by Crippen LogP contribution is -2.15. The molecule has 0 aliphatic heterocycles. The van der Waals surface area contributed by atoms with Gasteiger partial charge in [-0.25, -0.2) is 9.78 Å². The van der Waals surface area contributed by atoms with Gasteiger partial charge < -0.3 is 9.73 Å². The van der Waals surface area contributed by atoms with Gasteiger partial charge in [0, 0.05) is 18.8 Å². The highest BCUT2D eigenvalue weighted by Crippen LogP contribution is 2.14. The van der Waals surface area contributed by atoms with Crippen molar-refractivity contribution in [1.82, 2.24) is 9.55 Å². The van der Waals surface area contributed by atoms with Crippen LogP contribution in [0, 0.1) is 0 Å². The molecule has 1 N–H and O–H groups in total. The lowest BCUT2D eigenvalue weighted by molar-refractivity contribution is -0.114. The van der Waals surface area contributed by atoms with Gasteiger partial charge in [0.05, 0.1) is 6.54 Å². The van der Waals surface area contributed by atoms with Crippen LogP contribution in [0.25, 0.3) is 11.2 Å². The first kappa shape index (κ1) is 13.1. The van der Waals surface area contributed by atoms with E-state index in [4.69, 9.17) is 4.42 Å². The summed E-state index contributed by atoms with van der Waals surface area (Å²) >= 11 is 0. The Morgan fingerprint density at radius 2 is 2.19 bits per heavy atom. The third-order valence-corrected chi connectivity index (χ3v) is 3.01. The summed E-state index contributed by atoms with van der Waals surface area (Å²) in [5.74, 6) is -0.589. The molecule has 3 rings (SSSR count). The first-order chi connectivity index (χ1) is 10.1. The Balaban J connectivity index is 1.97. The molecule has 1 aromatic carbocycles. The Bertz CT molecular complexity index is 864. The van der Waals surface area contributed by atoms with E-state index in [1.54, 1.807) is 24.4 Å². The lowest BCUT2D eigenvalue weighted by atomic mass is 10.2. The Labute approximate surface area is 120 Å². The van der Waals surface area contributed by atoms with Crippen LogP contribution in [0.5, 0.6) is 0 Å². The summed E-state index contributed by atoms with van der Waals surface area (Å²) < 4.78 is 6.60. The highest BCUT2D eigenvalue weighted by Gasteiger charge is 2.10. The van der Waals surface area contributed by atoms with Crippen LogP contribution in [0.2, 0.25) is 0 Å². The van der Waals surface area contributed by atoms with Crippen molar-refractivity contribution in [2.75, 3.05) is 5.32 Å². The van der Waals surface area contributed by atoms with Gasteiger partial charge in [0.15, 0.2) is 11.2 Å². The summed E-state index contributed by atoms with van der Waals surface area (Å²) in [7, 11) is 0. The zero-order valence-electron chi connectivity index (χ0n) is 11.4. The number of aromatic nitrogens is 2. The van der Waals surface area contributed by atoms with Crippen LogP contribution >= 0.6 is 0 Å². The number of anilines is 1. The molecule has 0 aliphatic rings. The van der Waals surface area contributed by atoms with Crippen LogP contribution in [0.15, 0.2) is 51.8 Å². The van der Waals surface area contributed by atoms with Gasteiger partial charge in [-0.05, 0) is 29.8 Å². The number of oxazole rings is 1. The normalized spacial score (nSPS) is 10.7. The number of hydrogen-bond donors (Lipinski definition) is 1. The topological polar surface area (TPSA) is 77.1 Å². The fraction of sp³-hybridized carbons (Fsp3) is 0.133. The van der Waals surface area contributed by atoms with Crippen LogP contribution < -0.4 is 11.1 Å². The second-order valence-corrected chi connectivity index (χ2v) is 4.66. The van der Waals surface area contributed by atoms with Crippen LogP contribution in [-0.2, 0) is 11.3 Å². The Morgan fingerprint density at radius 3 is 3.00 bits per heavy atom. The standard InChI is InChI=1S/C15H13N3O3/c1-10(19)17-12-5-2-4-11(8-12)9-18-14-13(21-15(18)20)6-3-7-16-14/h2-8H,9H2,1H3,(H,17,19). The van der Waals surface area contributed by atoms with Crippen LogP contribution in [0.4, 0.5) is 5.69 Å².